The van der Waals surface area contributed by atoms with Gasteiger partial charge in [0.25, 0.3) is 0 Å². The molecule has 3 rings (SSSR count). The monoisotopic (exact) mass is 252 g/mol. The Morgan fingerprint density at radius 3 is 2.68 bits per heavy atom. The van der Waals surface area contributed by atoms with Crippen LogP contribution in [0.3, 0.4) is 0 Å². The molecule has 0 bridgehead atoms. The molecule has 0 unspecified atom stereocenters. The van der Waals surface area contributed by atoms with Gasteiger partial charge in [-0.25, -0.2) is 4.98 Å². The van der Waals surface area contributed by atoms with Gasteiger partial charge >= 0.3 is 0 Å². The van der Waals surface area contributed by atoms with Gasteiger partial charge in [-0.2, -0.15) is 0 Å². The first-order valence-electron chi connectivity index (χ1n) is 6.38. The van der Waals surface area contributed by atoms with Crippen LogP contribution in [-0.2, 0) is 13.0 Å². The van der Waals surface area contributed by atoms with Crippen LogP contribution in [-0.4, -0.2) is 4.98 Å². The third-order valence-electron chi connectivity index (χ3n) is 3.20. The first-order valence-corrected chi connectivity index (χ1v) is 6.38. The zero-order chi connectivity index (χ0) is 13.2. The van der Waals surface area contributed by atoms with Gasteiger partial charge in [-0.05, 0) is 35.2 Å². The fourth-order valence-electron chi connectivity index (χ4n) is 2.30. The number of aromatic nitrogens is 1. The Balaban J connectivity index is 1.91. The lowest BCUT2D eigenvalue weighted by atomic mass is 10.0. The molecule has 0 aliphatic carbocycles. The van der Waals surface area contributed by atoms with Crippen molar-refractivity contribution in [3.05, 3.63) is 65.0 Å². The highest BCUT2D eigenvalue weighted by Crippen LogP contribution is 2.19. The van der Waals surface area contributed by atoms with Crippen molar-refractivity contribution in [3.8, 4) is 0 Å². The maximum Gasteiger partial charge on any atom is 0.192 e. The molecule has 0 aliphatic rings. The van der Waals surface area contributed by atoms with Gasteiger partial charge in [-0.15, -0.1) is 0 Å². The zero-order valence-corrected chi connectivity index (χ0v) is 10.9. The normalized spacial score (nSPS) is 11.1. The summed E-state index contributed by atoms with van der Waals surface area (Å²) in [6, 6.07) is 14.5. The van der Waals surface area contributed by atoms with Gasteiger partial charge < -0.3 is 10.2 Å². The van der Waals surface area contributed by atoms with Crippen molar-refractivity contribution >= 4 is 11.1 Å². The average Bonchev–Trinajstić information content (AvgIpc) is 2.78. The van der Waals surface area contributed by atoms with Crippen molar-refractivity contribution in [2.24, 2.45) is 5.73 Å². The summed E-state index contributed by atoms with van der Waals surface area (Å²) in [6.45, 7) is 2.44. The molecule has 2 N–H and O–H groups in total. The predicted octanol–water partition coefficient (Wildman–Crippen LogP) is 3.19. The SMILES string of the molecule is Cc1nc2ccc(Cc3cccc(CN)c3)cc2o1. The smallest absolute Gasteiger partial charge is 0.192 e. The minimum Gasteiger partial charge on any atom is -0.441 e. The van der Waals surface area contributed by atoms with E-state index >= 15 is 0 Å². The van der Waals surface area contributed by atoms with Gasteiger partial charge in [0.15, 0.2) is 11.5 Å². The molecule has 19 heavy (non-hydrogen) atoms. The summed E-state index contributed by atoms with van der Waals surface area (Å²) in [6.07, 6.45) is 0.878. The van der Waals surface area contributed by atoms with E-state index in [1.165, 1.54) is 11.1 Å². The second-order valence-electron chi connectivity index (χ2n) is 4.74. The van der Waals surface area contributed by atoms with Crippen molar-refractivity contribution in [1.82, 2.24) is 4.98 Å². The Morgan fingerprint density at radius 2 is 1.84 bits per heavy atom. The Bertz CT molecular complexity index is 716. The molecule has 2 aromatic carbocycles. The van der Waals surface area contributed by atoms with E-state index in [1.807, 2.05) is 19.1 Å². The van der Waals surface area contributed by atoms with Gasteiger partial charge in [0, 0.05) is 13.5 Å². The Kier molecular flexibility index (Phi) is 3.05. The zero-order valence-electron chi connectivity index (χ0n) is 10.9. The van der Waals surface area contributed by atoms with Crippen molar-refractivity contribution in [1.29, 1.82) is 0 Å². The van der Waals surface area contributed by atoms with Gasteiger partial charge in [0.05, 0.1) is 0 Å². The third kappa shape index (κ3) is 2.51. The van der Waals surface area contributed by atoms with Crippen LogP contribution in [0, 0.1) is 6.92 Å². The van der Waals surface area contributed by atoms with Gasteiger partial charge in [0.1, 0.15) is 5.52 Å². The van der Waals surface area contributed by atoms with Crippen LogP contribution < -0.4 is 5.73 Å². The number of aryl methyl sites for hydroxylation is 1. The minimum absolute atomic E-state index is 0.578. The Hall–Kier alpha value is -2.13. The van der Waals surface area contributed by atoms with E-state index in [0.29, 0.717) is 12.4 Å². The number of hydrogen-bond acceptors (Lipinski definition) is 3. The maximum absolute atomic E-state index is 5.67. The fourth-order valence-corrected chi connectivity index (χ4v) is 2.30. The molecule has 3 heteroatoms. The van der Waals surface area contributed by atoms with E-state index in [2.05, 4.69) is 35.3 Å². The van der Waals surface area contributed by atoms with Crippen LogP contribution in [0.2, 0.25) is 0 Å². The Morgan fingerprint density at radius 1 is 1.05 bits per heavy atom. The largest absolute Gasteiger partial charge is 0.441 e. The standard InChI is InChI=1S/C16H16N2O/c1-11-18-15-6-5-13(9-16(15)19-11)7-12-3-2-4-14(8-12)10-17/h2-6,8-9H,7,10,17H2,1H3. The lowest BCUT2D eigenvalue weighted by Gasteiger charge is -2.04. The van der Waals surface area contributed by atoms with Crippen molar-refractivity contribution in [3.63, 3.8) is 0 Å². The minimum atomic E-state index is 0.578. The first kappa shape index (κ1) is 11.9. The molecule has 96 valence electrons. The lowest BCUT2D eigenvalue weighted by molar-refractivity contribution is 0.561. The summed E-state index contributed by atoms with van der Waals surface area (Å²) < 4.78 is 5.56. The molecule has 0 saturated heterocycles. The summed E-state index contributed by atoms with van der Waals surface area (Å²) in [5, 5.41) is 0. The molecule has 0 atom stereocenters. The van der Waals surface area contributed by atoms with E-state index in [0.717, 1.165) is 23.1 Å². The van der Waals surface area contributed by atoms with E-state index in [4.69, 9.17) is 10.2 Å². The number of nitrogens with two attached hydrogens (primary N) is 1. The van der Waals surface area contributed by atoms with Gasteiger partial charge in [-0.1, -0.05) is 30.3 Å². The number of oxazole rings is 1. The number of nitrogens with zero attached hydrogens (tertiary/aromatic N) is 1. The van der Waals surface area contributed by atoms with Crippen LogP contribution in [0.15, 0.2) is 46.9 Å². The van der Waals surface area contributed by atoms with E-state index < -0.39 is 0 Å². The molecular formula is C16H16N2O. The van der Waals surface area contributed by atoms with Crippen LogP contribution in [0.1, 0.15) is 22.6 Å². The summed E-state index contributed by atoms with van der Waals surface area (Å²) in [5.74, 6) is 0.706. The van der Waals surface area contributed by atoms with Crippen LogP contribution in [0.25, 0.3) is 11.1 Å². The second kappa shape index (κ2) is 4.86. The molecule has 3 nitrogen and oxygen atoms in total. The molecule has 1 aromatic heterocycles. The summed E-state index contributed by atoms with van der Waals surface area (Å²) in [4.78, 5) is 4.31. The highest BCUT2D eigenvalue weighted by Gasteiger charge is 2.04. The summed E-state index contributed by atoms with van der Waals surface area (Å²) >= 11 is 0. The van der Waals surface area contributed by atoms with E-state index in [9.17, 15) is 0 Å². The lowest BCUT2D eigenvalue weighted by Crippen LogP contribution is -1.97. The number of hydrogen-bond donors (Lipinski definition) is 1. The second-order valence-corrected chi connectivity index (χ2v) is 4.74. The fraction of sp³-hybridized carbons (Fsp3) is 0.188. The quantitative estimate of drug-likeness (QED) is 0.778. The van der Waals surface area contributed by atoms with Crippen molar-refractivity contribution < 1.29 is 4.42 Å². The summed E-state index contributed by atoms with van der Waals surface area (Å²) in [7, 11) is 0. The molecule has 0 spiro atoms. The average molecular weight is 252 g/mol. The van der Waals surface area contributed by atoms with Crippen LogP contribution >= 0.6 is 0 Å². The molecule has 0 radical (unpaired) electrons. The molecule has 0 saturated carbocycles. The number of rotatable bonds is 3. The molecule has 3 aromatic rings. The molecule has 0 amide bonds. The van der Waals surface area contributed by atoms with Crippen LogP contribution in [0.4, 0.5) is 0 Å². The topological polar surface area (TPSA) is 52.0 Å². The highest BCUT2D eigenvalue weighted by molar-refractivity contribution is 5.73. The van der Waals surface area contributed by atoms with Crippen molar-refractivity contribution in [2.45, 2.75) is 19.9 Å². The van der Waals surface area contributed by atoms with E-state index in [-0.39, 0.29) is 0 Å². The maximum atomic E-state index is 5.67. The highest BCUT2D eigenvalue weighted by atomic mass is 16.3. The molecule has 0 aliphatic heterocycles. The first-order chi connectivity index (χ1) is 9.24. The third-order valence-corrected chi connectivity index (χ3v) is 3.20. The Labute approximate surface area is 112 Å². The predicted molar refractivity (Wildman–Crippen MR) is 75.9 cm³/mol. The van der Waals surface area contributed by atoms with Crippen molar-refractivity contribution in [2.75, 3.05) is 0 Å². The van der Waals surface area contributed by atoms with Crippen LogP contribution in [0.5, 0.6) is 0 Å². The number of fused-ring (bicyclic) bond motifs is 1. The number of benzene rings is 2. The molecule has 0 fully saturated rings. The molecule has 1 heterocycles. The summed E-state index contributed by atoms with van der Waals surface area (Å²) in [5.41, 5.74) is 11.1. The van der Waals surface area contributed by atoms with E-state index in [1.54, 1.807) is 0 Å². The van der Waals surface area contributed by atoms with Gasteiger partial charge in [-0.3, -0.25) is 0 Å². The van der Waals surface area contributed by atoms with Gasteiger partial charge in [0.2, 0.25) is 0 Å². The molecular weight excluding hydrogens is 236 g/mol.